The lowest BCUT2D eigenvalue weighted by Gasteiger charge is -2.06. The maximum atomic E-state index is 11.5. The van der Waals surface area contributed by atoms with Crippen LogP contribution in [0.25, 0.3) is 0 Å². The van der Waals surface area contributed by atoms with Crippen LogP contribution in [0.1, 0.15) is 19.8 Å². The molecule has 0 saturated heterocycles. The monoisotopic (exact) mass is 168 g/mol. The highest BCUT2D eigenvalue weighted by Gasteiger charge is 2.25. The molecule has 5 heteroatoms. The van der Waals surface area contributed by atoms with Gasteiger partial charge < -0.3 is 5.32 Å². The zero-order chi connectivity index (χ0) is 8.91. The molecule has 0 saturated carbocycles. The van der Waals surface area contributed by atoms with E-state index in [9.17, 15) is 13.2 Å². The maximum absolute atomic E-state index is 11.5. The van der Waals surface area contributed by atoms with E-state index in [0.29, 0.717) is 0 Å². The first-order chi connectivity index (χ1) is 4.92. The van der Waals surface area contributed by atoms with Crippen molar-refractivity contribution in [3.8, 4) is 0 Å². The number of hydrogen-bond donors (Lipinski definition) is 2. The molecule has 0 atom stereocenters. The van der Waals surface area contributed by atoms with Gasteiger partial charge in [0.2, 0.25) is 0 Å². The fourth-order valence-corrected chi connectivity index (χ4v) is 0.565. The molecule has 0 rings (SSSR count). The smallest absolute Gasteiger partial charge is 0.374 e. The van der Waals surface area contributed by atoms with E-state index < -0.39 is 12.6 Å². The number of rotatable bonds is 3. The Labute approximate surface area is 63.3 Å². The van der Waals surface area contributed by atoms with Crippen LogP contribution in [0, 0.1) is 5.41 Å². The van der Waals surface area contributed by atoms with E-state index in [1.165, 1.54) is 6.92 Å². The van der Waals surface area contributed by atoms with Crippen molar-refractivity contribution in [2.45, 2.75) is 25.9 Å². The summed E-state index contributed by atoms with van der Waals surface area (Å²) in [6.07, 6.45) is -4.83. The molecule has 0 spiro atoms. The molecule has 0 amide bonds. The lowest BCUT2D eigenvalue weighted by atomic mass is 10.3. The molecule has 2 nitrogen and oxygen atoms in total. The van der Waals surface area contributed by atoms with Crippen LogP contribution in [-0.4, -0.2) is 18.6 Å². The summed E-state index contributed by atoms with van der Waals surface area (Å²) < 4.78 is 34.5. The van der Waals surface area contributed by atoms with Crippen LogP contribution in [0.3, 0.4) is 0 Å². The minimum absolute atomic E-state index is 0.0275. The molecule has 0 aliphatic rings. The highest BCUT2D eigenvalue weighted by atomic mass is 19.4. The van der Waals surface area contributed by atoms with E-state index in [1.807, 2.05) is 0 Å². The minimum atomic E-state index is -4.07. The van der Waals surface area contributed by atoms with Gasteiger partial charge in [-0.05, 0) is 13.3 Å². The standard InChI is InChI=1S/C6H11F3N2/c1-5(10)11-4-2-3-6(7,8)9/h2-4H2,1H3,(H2,10,11). The van der Waals surface area contributed by atoms with Crippen LogP contribution in [-0.2, 0) is 0 Å². The Hall–Kier alpha value is -0.740. The highest BCUT2D eigenvalue weighted by molar-refractivity contribution is 5.75. The lowest BCUT2D eigenvalue weighted by Crippen LogP contribution is -2.21. The molecule has 0 aromatic carbocycles. The van der Waals surface area contributed by atoms with Gasteiger partial charge in [0.05, 0.1) is 5.84 Å². The fourth-order valence-electron chi connectivity index (χ4n) is 0.565. The first-order valence-corrected chi connectivity index (χ1v) is 3.27. The Kier molecular flexibility index (Phi) is 3.92. The van der Waals surface area contributed by atoms with Crippen LogP contribution < -0.4 is 5.32 Å². The second-order valence-electron chi connectivity index (χ2n) is 2.27. The quantitative estimate of drug-likeness (QED) is 0.377. The number of halogens is 3. The Morgan fingerprint density at radius 2 is 2.00 bits per heavy atom. The summed E-state index contributed by atoms with van der Waals surface area (Å²) in [5.41, 5.74) is 0. The molecule has 0 unspecified atom stereocenters. The third kappa shape index (κ3) is 9.26. The van der Waals surface area contributed by atoms with E-state index in [0.717, 1.165) is 0 Å². The first-order valence-electron chi connectivity index (χ1n) is 3.27. The summed E-state index contributed by atoms with van der Waals surface area (Å²) >= 11 is 0. The molecular weight excluding hydrogens is 157 g/mol. The van der Waals surface area contributed by atoms with Crippen molar-refractivity contribution in [1.29, 1.82) is 5.41 Å². The van der Waals surface area contributed by atoms with Gasteiger partial charge in [-0.1, -0.05) is 0 Å². The van der Waals surface area contributed by atoms with Crippen molar-refractivity contribution in [3.05, 3.63) is 0 Å². The zero-order valence-electron chi connectivity index (χ0n) is 6.26. The van der Waals surface area contributed by atoms with Crippen LogP contribution in [0.5, 0.6) is 0 Å². The molecule has 0 aliphatic heterocycles. The van der Waals surface area contributed by atoms with Gasteiger partial charge in [-0.3, -0.25) is 5.41 Å². The van der Waals surface area contributed by atoms with E-state index in [1.54, 1.807) is 0 Å². The minimum Gasteiger partial charge on any atom is -0.374 e. The molecular formula is C6H11F3N2. The Morgan fingerprint density at radius 3 is 2.36 bits per heavy atom. The van der Waals surface area contributed by atoms with Crippen molar-refractivity contribution in [2.24, 2.45) is 0 Å². The summed E-state index contributed by atoms with van der Waals surface area (Å²) in [5.74, 6) is 0.201. The maximum Gasteiger partial charge on any atom is 0.389 e. The van der Waals surface area contributed by atoms with Gasteiger partial charge in [-0.2, -0.15) is 13.2 Å². The van der Waals surface area contributed by atoms with Crippen LogP contribution in [0.2, 0.25) is 0 Å². The second-order valence-corrected chi connectivity index (χ2v) is 2.27. The van der Waals surface area contributed by atoms with Crippen LogP contribution in [0.4, 0.5) is 13.2 Å². The van der Waals surface area contributed by atoms with Crippen molar-refractivity contribution >= 4 is 5.84 Å². The Morgan fingerprint density at radius 1 is 1.45 bits per heavy atom. The van der Waals surface area contributed by atoms with Crippen LogP contribution >= 0.6 is 0 Å². The Bertz CT molecular complexity index is 130. The van der Waals surface area contributed by atoms with Gasteiger partial charge in [-0.25, -0.2) is 0 Å². The van der Waals surface area contributed by atoms with Gasteiger partial charge in [0, 0.05) is 13.0 Å². The van der Waals surface area contributed by atoms with Gasteiger partial charge in [0.25, 0.3) is 0 Å². The van der Waals surface area contributed by atoms with E-state index in [-0.39, 0.29) is 18.8 Å². The number of amidine groups is 1. The van der Waals surface area contributed by atoms with Gasteiger partial charge in [0.1, 0.15) is 0 Å². The van der Waals surface area contributed by atoms with Crippen molar-refractivity contribution in [3.63, 3.8) is 0 Å². The summed E-state index contributed by atoms with van der Waals surface area (Å²) in [4.78, 5) is 0. The topological polar surface area (TPSA) is 35.9 Å². The van der Waals surface area contributed by atoms with Crippen molar-refractivity contribution < 1.29 is 13.2 Å². The third-order valence-electron chi connectivity index (χ3n) is 1.03. The molecule has 0 heterocycles. The molecule has 0 aromatic rings. The number of nitrogens with one attached hydrogen (secondary N) is 2. The van der Waals surface area contributed by atoms with Gasteiger partial charge in [0.15, 0.2) is 0 Å². The average molecular weight is 168 g/mol. The largest absolute Gasteiger partial charge is 0.389 e. The number of alkyl halides is 3. The van der Waals surface area contributed by atoms with Crippen LogP contribution in [0.15, 0.2) is 0 Å². The number of hydrogen-bond acceptors (Lipinski definition) is 1. The fraction of sp³-hybridized carbons (Fsp3) is 0.833. The SMILES string of the molecule is CC(=N)NCCCC(F)(F)F. The summed E-state index contributed by atoms with van der Waals surface area (Å²) in [7, 11) is 0. The van der Waals surface area contributed by atoms with Crippen molar-refractivity contribution in [2.75, 3.05) is 6.54 Å². The Balaban J connectivity index is 3.22. The van der Waals surface area contributed by atoms with Crippen molar-refractivity contribution in [1.82, 2.24) is 5.32 Å². The predicted molar refractivity (Wildman–Crippen MR) is 36.7 cm³/mol. The predicted octanol–water partition coefficient (Wildman–Crippen LogP) is 1.92. The van der Waals surface area contributed by atoms with E-state index in [2.05, 4.69) is 5.32 Å². The highest BCUT2D eigenvalue weighted by Crippen LogP contribution is 2.20. The lowest BCUT2D eigenvalue weighted by molar-refractivity contribution is -0.135. The summed E-state index contributed by atoms with van der Waals surface area (Å²) in [6.45, 7) is 1.71. The molecule has 0 radical (unpaired) electrons. The molecule has 11 heavy (non-hydrogen) atoms. The van der Waals surface area contributed by atoms with Gasteiger partial charge in [-0.15, -0.1) is 0 Å². The first kappa shape index (κ1) is 10.3. The second kappa shape index (κ2) is 4.20. The normalized spacial score (nSPS) is 11.3. The molecule has 0 bridgehead atoms. The van der Waals surface area contributed by atoms with Gasteiger partial charge >= 0.3 is 6.18 Å². The molecule has 0 fully saturated rings. The average Bonchev–Trinajstić information content (AvgIpc) is 1.78. The summed E-state index contributed by atoms with van der Waals surface area (Å²) in [5, 5.41) is 9.34. The molecule has 0 aromatic heterocycles. The molecule has 0 aliphatic carbocycles. The molecule has 66 valence electrons. The van der Waals surface area contributed by atoms with E-state index in [4.69, 9.17) is 5.41 Å². The van der Waals surface area contributed by atoms with E-state index >= 15 is 0 Å². The third-order valence-corrected chi connectivity index (χ3v) is 1.03. The molecule has 2 N–H and O–H groups in total. The summed E-state index contributed by atoms with van der Waals surface area (Å²) in [6, 6.07) is 0. The zero-order valence-corrected chi connectivity index (χ0v) is 6.26.